The Hall–Kier alpha value is -2.22. The van der Waals surface area contributed by atoms with Gasteiger partial charge in [-0.25, -0.2) is 0 Å². The minimum Gasteiger partial charge on any atom is -0.427 e. The van der Waals surface area contributed by atoms with E-state index in [0.717, 1.165) is 58.9 Å². The molecular weight excluding hydrogens is 362 g/mol. The third-order valence-electron chi connectivity index (χ3n) is 4.77. The largest absolute Gasteiger partial charge is 0.427 e. The number of hydrogen-bond acceptors (Lipinski definition) is 5. The number of hydrogen-bond donors (Lipinski definition) is 0. The molecule has 0 bridgehead atoms. The van der Waals surface area contributed by atoms with Crippen LogP contribution in [0.4, 0.5) is 14.5 Å². The molecule has 0 amide bonds. The number of nitrogens with zero attached hydrogens (tertiary/aromatic N) is 2. The lowest BCUT2D eigenvalue weighted by atomic mass is 9.80. The predicted octanol–water partition coefficient (Wildman–Crippen LogP) is 5.19. The second-order valence-corrected chi connectivity index (χ2v) is 7.45. The molecule has 0 saturated heterocycles. The van der Waals surface area contributed by atoms with Crippen LogP contribution in [0.2, 0.25) is 0 Å². The van der Waals surface area contributed by atoms with Crippen LogP contribution in [0.1, 0.15) is 37.2 Å². The maximum atomic E-state index is 12.5. The molecule has 4 rings (SSSR count). The van der Waals surface area contributed by atoms with Crippen LogP contribution in [0.3, 0.4) is 0 Å². The maximum absolute atomic E-state index is 12.5. The van der Waals surface area contributed by atoms with E-state index in [-0.39, 0.29) is 5.92 Å². The fraction of sp³-hybridized carbons (Fsp3) is 0.389. The highest BCUT2D eigenvalue weighted by atomic mass is 32.2. The van der Waals surface area contributed by atoms with Crippen molar-refractivity contribution < 1.29 is 18.4 Å². The van der Waals surface area contributed by atoms with E-state index in [4.69, 9.17) is 4.99 Å². The number of rotatable bonds is 4. The van der Waals surface area contributed by atoms with Gasteiger partial charge in [-0.2, -0.15) is 8.78 Å². The number of benzene rings is 1. The topological polar surface area (TPSA) is 64.7 Å². The summed E-state index contributed by atoms with van der Waals surface area (Å²) in [6, 6.07) is 4.29. The molecule has 1 aliphatic carbocycles. The van der Waals surface area contributed by atoms with Crippen LogP contribution in [0.5, 0.6) is 5.75 Å². The highest BCUT2D eigenvalue weighted by Crippen LogP contribution is 2.50. The van der Waals surface area contributed by atoms with Crippen molar-refractivity contribution in [3.05, 3.63) is 56.1 Å². The molecule has 1 atom stereocenters. The smallest absolute Gasteiger partial charge is 0.387 e. The van der Waals surface area contributed by atoms with Gasteiger partial charge in [-0.3, -0.25) is 15.1 Å². The number of thioether (sulfide) groups is 1. The molecule has 0 saturated carbocycles. The number of nitro groups is 1. The maximum Gasteiger partial charge on any atom is 0.387 e. The summed E-state index contributed by atoms with van der Waals surface area (Å²) in [6.45, 7) is -3.10. The van der Waals surface area contributed by atoms with Crippen molar-refractivity contribution >= 4 is 23.2 Å². The normalized spacial score (nSPS) is 21.9. The van der Waals surface area contributed by atoms with Gasteiger partial charge in [-0.1, -0.05) is 12.1 Å². The minimum absolute atomic E-state index is 0.107. The molecule has 0 spiro atoms. The average Bonchev–Trinajstić information content (AvgIpc) is 3.07. The van der Waals surface area contributed by atoms with E-state index in [9.17, 15) is 18.9 Å². The zero-order chi connectivity index (χ0) is 18.3. The molecule has 8 heteroatoms. The zero-order valence-corrected chi connectivity index (χ0v) is 14.6. The van der Waals surface area contributed by atoms with Gasteiger partial charge in [0.1, 0.15) is 0 Å². The molecule has 0 aromatic heterocycles. The lowest BCUT2D eigenvalue weighted by Crippen LogP contribution is -2.20. The Kier molecular flexibility index (Phi) is 4.52. The van der Waals surface area contributed by atoms with Gasteiger partial charge < -0.3 is 4.74 Å². The molecule has 0 fully saturated rings. The van der Waals surface area contributed by atoms with Gasteiger partial charge in [0.2, 0.25) is 5.75 Å². The van der Waals surface area contributed by atoms with Crippen LogP contribution in [0, 0.1) is 10.1 Å². The first-order valence-corrected chi connectivity index (χ1v) is 9.40. The van der Waals surface area contributed by atoms with Gasteiger partial charge in [0, 0.05) is 28.4 Å². The third-order valence-corrected chi connectivity index (χ3v) is 5.96. The van der Waals surface area contributed by atoms with Crippen molar-refractivity contribution in [3.63, 3.8) is 0 Å². The van der Waals surface area contributed by atoms with Gasteiger partial charge in [0.15, 0.2) is 0 Å². The number of allylic oxidation sites excluding steroid dienone is 4. The monoisotopic (exact) mass is 378 g/mol. The Morgan fingerprint density at radius 1 is 1.35 bits per heavy atom. The summed E-state index contributed by atoms with van der Waals surface area (Å²) in [5, 5.41) is 11.4. The Morgan fingerprint density at radius 2 is 2.19 bits per heavy atom. The van der Waals surface area contributed by atoms with E-state index >= 15 is 0 Å². The summed E-state index contributed by atoms with van der Waals surface area (Å²) in [6.07, 6.45) is 5.95. The van der Waals surface area contributed by atoms with Gasteiger partial charge in [-0.05, 0) is 42.9 Å². The summed E-state index contributed by atoms with van der Waals surface area (Å²) in [7, 11) is 0. The van der Waals surface area contributed by atoms with E-state index in [1.54, 1.807) is 17.8 Å². The molecule has 136 valence electrons. The molecule has 1 aromatic rings. The summed E-state index contributed by atoms with van der Waals surface area (Å²) in [4.78, 5) is 16.6. The highest BCUT2D eigenvalue weighted by molar-refractivity contribution is 8.03. The third kappa shape index (κ3) is 3.02. The molecular formula is C18H16F2N2O3S. The lowest BCUT2D eigenvalue weighted by Gasteiger charge is -2.30. The van der Waals surface area contributed by atoms with Crippen LogP contribution < -0.4 is 4.74 Å². The number of fused-ring (bicyclic) bond motifs is 1. The Balaban J connectivity index is 1.81. The molecule has 0 N–H and O–H groups in total. The molecule has 3 aliphatic rings. The van der Waals surface area contributed by atoms with Gasteiger partial charge in [0.25, 0.3) is 0 Å². The number of halogens is 2. The van der Waals surface area contributed by atoms with E-state index in [0.29, 0.717) is 0 Å². The van der Waals surface area contributed by atoms with Crippen molar-refractivity contribution in [2.24, 2.45) is 4.99 Å². The quantitative estimate of drug-likeness (QED) is 0.534. The van der Waals surface area contributed by atoms with Gasteiger partial charge >= 0.3 is 12.3 Å². The van der Waals surface area contributed by atoms with Crippen molar-refractivity contribution in [1.29, 1.82) is 0 Å². The van der Waals surface area contributed by atoms with E-state index in [2.05, 4.69) is 10.8 Å². The average molecular weight is 378 g/mol. The minimum atomic E-state index is -3.10. The highest BCUT2D eigenvalue weighted by Gasteiger charge is 2.35. The first-order valence-electron chi connectivity index (χ1n) is 8.41. The summed E-state index contributed by atoms with van der Waals surface area (Å²) < 4.78 is 29.4. The predicted molar refractivity (Wildman–Crippen MR) is 95.9 cm³/mol. The van der Waals surface area contributed by atoms with Crippen molar-refractivity contribution in [3.8, 4) is 5.75 Å². The number of alkyl halides is 2. The van der Waals surface area contributed by atoms with Crippen LogP contribution >= 0.6 is 11.8 Å². The van der Waals surface area contributed by atoms with Crippen molar-refractivity contribution in [2.45, 2.75) is 38.2 Å². The van der Waals surface area contributed by atoms with Crippen molar-refractivity contribution in [1.82, 2.24) is 0 Å². The second-order valence-electron chi connectivity index (χ2n) is 6.32. The van der Waals surface area contributed by atoms with Crippen LogP contribution in [0.25, 0.3) is 0 Å². The SMILES string of the molecule is O=[N+]([O-])c1cc(C2C3=CCCCC3=NC3=C2SCC3)ccc1OC(F)F. The molecule has 2 aliphatic heterocycles. The Bertz CT molecular complexity index is 864. The summed E-state index contributed by atoms with van der Waals surface area (Å²) in [5.74, 6) is 0.425. The molecule has 1 aromatic carbocycles. The standard InChI is InChI=1S/C18H16F2N2O3S/c19-18(20)25-15-6-5-10(9-14(15)22(23)24)16-11-3-1-2-4-12(11)21-13-7-8-26-17(13)16/h3,5-6,9,16,18H,1-2,4,7-8H2. The fourth-order valence-corrected chi connectivity index (χ4v) is 4.97. The molecule has 2 heterocycles. The van der Waals surface area contributed by atoms with Crippen molar-refractivity contribution in [2.75, 3.05) is 5.75 Å². The zero-order valence-electron chi connectivity index (χ0n) is 13.8. The Morgan fingerprint density at radius 3 is 2.96 bits per heavy atom. The van der Waals surface area contributed by atoms with Crippen LogP contribution in [0.15, 0.2) is 45.4 Å². The molecule has 26 heavy (non-hydrogen) atoms. The Labute approximate surface area is 153 Å². The summed E-state index contributed by atoms with van der Waals surface area (Å²) in [5.41, 5.74) is 3.50. The van der Waals surface area contributed by atoms with Gasteiger partial charge in [-0.15, -0.1) is 11.8 Å². The molecule has 0 radical (unpaired) electrons. The number of nitro benzene ring substituents is 1. The van der Waals surface area contributed by atoms with Gasteiger partial charge in [0.05, 0.1) is 10.6 Å². The van der Waals surface area contributed by atoms with E-state index in [1.165, 1.54) is 12.1 Å². The first-order chi connectivity index (χ1) is 12.5. The second kappa shape index (κ2) is 6.83. The fourth-order valence-electron chi connectivity index (χ4n) is 3.71. The number of aliphatic imine (C=N–C) groups is 1. The molecule has 1 unspecified atom stereocenters. The first kappa shape index (κ1) is 17.2. The van der Waals surface area contributed by atoms with E-state index < -0.39 is 23.0 Å². The summed E-state index contributed by atoms with van der Waals surface area (Å²) >= 11 is 1.72. The van der Waals surface area contributed by atoms with Crippen LogP contribution in [-0.2, 0) is 0 Å². The van der Waals surface area contributed by atoms with Crippen LogP contribution in [-0.4, -0.2) is 23.0 Å². The molecule has 5 nitrogen and oxygen atoms in total. The number of ether oxygens (including phenoxy) is 1. The van der Waals surface area contributed by atoms with E-state index in [1.807, 2.05) is 0 Å². The lowest BCUT2D eigenvalue weighted by molar-refractivity contribution is -0.386.